The van der Waals surface area contributed by atoms with Crippen molar-refractivity contribution in [1.29, 1.82) is 0 Å². The average molecular weight is 226 g/mol. The Balaban J connectivity index is 2.18. The number of hydrogen-bond donors (Lipinski definition) is 1. The number of ether oxygens (including phenoxy) is 2. The number of hydrogen-bond acceptors (Lipinski definition) is 3. The molecule has 0 amide bonds. The molecule has 16 heavy (non-hydrogen) atoms. The van der Waals surface area contributed by atoms with Crippen molar-refractivity contribution in [3.05, 3.63) is 23.8 Å². The van der Waals surface area contributed by atoms with Crippen LogP contribution in [-0.2, 0) is 4.79 Å². The van der Waals surface area contributed by atoms with E-state index in [1.165, 1.54) is 0 Å². The number of fused-ring (bicyclic) bond motifs is 1. The van der Waals surface area contributed by atoms with Crippen LogP contribution in [0.5, 0.6) is 11.5 Å². The summed E-state index contributed by atoms with van der Waals surface area (Å²) in [6.45, 7) is -0.544. The van der Waals surface area contributed by atoms with Crippen molar-refractivity contribution >= 4 is 5.97 Å². The third kappa shape index (κ3) is 2.08. The van der Waals surface area contributed by atoms with E-state index in [-0.39, 0.29) is 12.3 Å². The zero-order valence-electron chi connectivity index (χ0n) is 8.48. The maximum Gasteiger partial charge on any atom is 0.304 e. The Bertz CT molecular complexity index is 405. The van der Waals surface area contributed by atoms with Gasteiger partial charge in [-0.3, -0.25) is 4.79 Å². The van der Waals surface area contributed by atoms with Gasteiger partial charge >= 0.3 is 5.97 Å². The van der Waals surface area contributed by atoms with Crippen molar-refractivity contribution in [2.75, 3.05) is 13.5 Å². The molecule has 0 fully saturated rings. The van der Waals surface area contributed by atoms with Crippen molar-refractivity contribution in [1.82, 2.24) is 0 Å². The first-order valence-corrected chi connectivity index (χ1v) is 4.88. The Hall–Kier alpha value is -1.78. The molecule has 0 bridgehead atoms. The summed E-state index contributed by atoms with van der Waals surface area (Å²) in [5, 5.41) is 8.71. The van der Waals surface area contributed by atoms with E-state index in [2.05, 4.69) is 4.74 Å². The number of carbonyl (C=O) groups is 1. The first-order valence-electron chi connectivity index (χ1n) is 4.88. The molecule has 4 nitrogen and oxygen atoms in total. The molecule has 0 saturated heterocycles. The number of benzene rings is 1. The smallest absolute Gasteiger partial charge is 0.304 e. The number of rotatable bonds is 4. The molecule has 0 radical (unpaired) electrons. The highest BCUT2D eigenvalue weighted by molar-refractivity contribution is 5.68. The van der Waals surface area contributed by atoms with E-state index in [1.807, 2.05) is 0 Å². The molecule has 5 heteroatoms. The number of carboxylic acid groups (broad SMARTS) is 1. The van der Waals surface area contributed by atoms with Gasteiger partial charge in [-0.1, -0.05) is 6.07 Å². The molecule has 0 saturated carbocycles. The van der Waals surface area contributed by atoms with Crippen LogP contribution in [0.25, 0.3) is 0 Å². The standard InChI is InChI=1S/C11H11FO4/c12-6-16-8-1-2-9-7(3-11(13)14)5-15-10(9)4-8/h1-2,4,7H,3,5-6H2,(H,13,14). The maximum absolute atomic E-state index is 11.9. The number of carboxylic acids is 1. The van der Waals surface area contributed by atoms with Gasteiger partial charge in [0.05, 0.1) is 13.0 Å². The fourth-order valence-electron chi connectivity index (χ4n) is 1.79. The van der Waals surface area contributed by atoms with Gasteiger partial charge in [-0.25, -0.2) is 4.39 Å². The summed E-state index contributed by atoms with van der Waals surface area (Å²) in [5.74, 6) is -0.0214. The maximum atomic E-state index is 11.9. The van der Waals surface area contributed by atoms with E-state index in [9.17, 15) is 9.18 Å². The lowest BCUT2D eigenvalue weighted by molar-refractivity contribution is -0.137. The Morgan fingerprint density at radius 3 is 3.12 bits per heavy atom. The van der Waals surface area contributed by atoms with E-state index in [4.69, 9.17) is 9.84 Å². The molecule has 0 spiro atoms. The molecular weight excluding hydrogens is 215 g/mol. The summed E-state index contributed by atoms with van der Waals surface area (Å²) in [6, 6.07) is 4.92. The summed E-state index contributed by atoms with van der Waals surface area (Å²) in [6.07, 6.45) is 0.0380. The highest BCUT2D eigenvalue weighted by atomic mass is 19.1. The molecule has 1 atom stereocenters. The average Bonchev–Trinajstić information content (AvgIpc) is 2.61. The van der Waals surface area contributed by atoms with E-state index >= 15 is 0 Å². The highest BCUT2D eigenvalue weighted by Gasteiger charge is 2.26. The number of halogens is 1. The van der Waals surface area contributed by atoms with Gasteiger partial charge in [0.1, 0.15) is 11.5 Å². The Kier molecular flexibility index (Phi) is 2.94. The van der Waals surface area contributed by atoms with Gasteiger partial charge in [-0.15, -0.1) is 0 Å². The first-order chi connectivity index (χ1) is 7.70. The minimum atomic E-state index is -0.892. The molecule has 0 aliphatic carbocycles. The van der Waals surface area contributed by atoms with E-state index in [1.54, 1.807) is 18.2 Å². The third-order valence-electron chi connectivity index (χ3n) is 2.51. The van der Waals surface area contributed by atoms with Crippen LogP contribution >= 0.6 is 0 Å². The van der Waals surface area contributed by atoms with Crippen molar-refractivity contribution in [3.8, 4) is 11.5 Å². The van der Waals surface area contributed by atoms with E-state index < -0.39 is 12.8 Å². The van der Waals surface area contributed by atoms with E-state index in [0.29, 0.717) is 18.1 Å². The second-order valence-electron chi connectivity index (χ2n) is 3.56. The summed E-state index contributed by atoms with van der Waals surface area (Å²) < 4.78 is 22.0. The van der Waals surface area contributed by atoms with Crippen molar-refractivity contribution in [3.63, 3.8) is 0 Å². The van der Waals surface area contributed by atoms with Gasteiger partial charge in [-0.05, 0) is 6.07 Å². The minimum Gasteiger partial charge on any atom is -0.492 e. The van der Waals surface area contributed by atoms with Crippen LogP contribution < -0.4 is 9.47 Å². The monoisotopic (exact) mass is 226 g/mol. The molecular formula is C11H11FO4. The van der Waals surface area contributed by atoms with Crippen molar-refractivity contribution in [2.24, 2.45) is 0 Å². The predicted octanol–water partition coefficient (Wildman–Crippen LogP) is 1.94. The second kappa shape index (κ2) is 4.38. The second-order valence-corrected chi connectivity index (χ2v) is 3.56. The van der Waals surface area contributed by atoms with Gasteiger partial charge in [0.15, 0.2) is 0 Å². The largest absolute Gasteiger partial charge is 0.492 e. The van der Waals surface area contributed by atoms with Crippen LogP contribution in [0.15, 0.2) is 18.2 Å². The SMILES string of the molecule is O=C(O)CC1COc2cc(OCF)ccc21. The van der Waals surface area contributed by atoms with Gasteiger partial charge in [0.2, 0.25) is 6.86 Å². The Labute approximate surface area is 91.6 Å². The topological polar surface area (TPSA) is 55.8 Å². The molecule has 2 rings (SSSR count). The summed E-state index contributed by atoms with van der Waals surface area (Å²) in [7, 11) is 0. The van der Waals surface area contributed by atoms with Crippen LogP contribution in [0.1, 0.15) is 17.9 Å². The first kappa shape index (κ1) is 10.7. The molecule has 1 aromatic rings. The quantitative estimate of drug-likeness (QED) is 0.852. The lowest BCUT2D eigenvalue weighted by Gasteiger charge is -2.06. The van der Waals surface area contributed by atoms with Crippen LogP contribution in [0.3, 0.4) is 0 Å². The normalized spacial score (nSPS) is 17.7. The number of alkyl halides is 1. The van der Waals surface area contributed by atoms with Crippen molar-refractivity contribution < 1.29 is 23.8 Å². The fraction of sp³-hybridized carbons (Fsp3) is 0.364. The molecule has 1 aliphatic rings. The zero-order chi connectivity index (χ0) is 11.5. The molecule has 0 aromatic heterocycles. The Morgan fingerprint density at radius 1 is 1.62 bits per heavy atom. The van der Waals surface area contributed by atoms with Gasteiger partial charge in [0.25, 0.3) is 0 Å². The highest BCUT2D eigenvalue weighted by Crippen LogP contribution is 2.38. The summed E-state index contributed by atoms with van der Waals surface area (Å²) >= 11 is 0. The van der Waals surface area contributed by atoms with Crippen LogP contribution in [0, 0.1) is 0 Å². The van der Waals surface area contributed by atoms with Gasteiger partial charge in [-0.2, -0.15) is 0 Å². The molecule has 1 aromatic carbocycles. The minimum absolute atomic E-state index is 0.0380. The lowest BCUT2D eigenvalue weighted by atomic mass is 9.98. The van der Waals surface area contributed by atoms with Crippen LogP contribution in [-0.4, -0.2) is 24.5 Å². The zero-order valence-corrected chi connectivity index (χ0v) is 8.48. The van der Waals surface area contributed by atoms with Crippen LogP contribution in [0.4, 0.5) is 4.39 Å². The van der Waals surface area contributed by atoms with Gasteiger partial charge < -0.3 is 14.6 Å². The Morgan fingerprint density at radius 2 is 2.44 bits per heavy atom. The fourth-order valence-corrected chi connectivity index (χ4v) is 1.79. The molecule has 1 heterocycles. The van der Waals surface area contributed by atoms with E-state index in [0.717, 1.165) is 5.56 Å². The summed E-state index contributed by atoms with van der Waals surface area (Å²) in [4.78, 5) is 10.6. The van der Waals surface area contributed by atoms with Crippen LogP contribution in [0.2, 0.25) is 0 Å². The molecule has 1 N–H and O–H groups in total. The number of aliphatic carboxylic acids is 1. The molecule has 1 aliphatic heterocycles. The third-order valence-corrected chi connectivity index (χ3v) is 2.51. The van der Waals surface area contributed by atoms with Gasteiger partial charge in [0, 0.05) is 17.5 Å². The molecule has 86 valence electrons. The lowest BCUT2D eigenvalue weighted by Crippen LogP contribution is -2.07. The predicted molar refractivity (Wildman–Crippen MR) is 53.5 cm³/mol. The summed E-state index contributed by atoms with van der Waals surface area (Å²) in [5.41, 5.74) is 0.841. The van der Waals surface area contributed by atoms with Crippen molar-refractivity contribution in [2.45, 2.75) is 12.3 Å². The molecule has 1 unspecified atom stereocenters.